The van der Waals surface area contributed by atoms with Crippen molar-refractivity contribution >= 4 is 6.29 Å². The summed E-state index contributed by atoms with van der Waals surface area (Å²) in [6.07, 6.45) is 15.9. The van der Waals surface area contributed by atoms with Crippen molar-refractivity contribution in [1.82, 2.24) is 14.8 Å². The van der Waals surface area contributed by atoms with Crippen molar-refractivity contribution in [3.63, 3.8) is 0 Å². The summed E-state index contributed by atoms with van der Waals surface area (Å²) >= 11 is 0. The van der Waals surface area contributed by atoms with Gasteiger partial charge in [-0.3, -0.25) is 14.6 Å². The van der Waals surface area contributed by atoms with Gasteiger partial charge in [0, 0.05) is 38.3 Å². The lowest BCUT2D eigenvalue weighted by molar-refractivity contribution is 0.00512. The molecule has 1 aromatic heterocycles. The summed E-state index contributed by atoms with van der Waals surface area (Å²) in [7, 11) is 0. The maximum Gasteiger partial charge on any atom is 0.168 e. The standard InChI is InChI=1S/C36H52N4O5/c1-5-30(2)8-6-9-31(3)35(32-12-14-36(4,37)15-13-32)40-18-22-44-26-24-42-20-16-39(17-21-43-25-27-45-23-19-40)28-33-10-7-11-34(29-41)38-33/h5-14,29,35H,1-2,15-28,37H2,3-4H3/b8-6-,31-9+. The highest BCUT2D eigenvalue weighted by molar-refractivity contribution is 5.71. The minimum Gasteiger partial charge on any atom is -0.378 e. The number of nitrogens with zero attached hydrogens (tertiary/aromatic N) is 3. The van der Waals surface area contributed by atoms with Gasteiger partial charge in [-0.25, -0.2) is 4.98 Å². The molecule has 2 unspecified atom stereocenters. The Hall–Kier alpha value is -3.02. The molecule has 2 heterocycles. The highest BCUT2D eigenvalue weighted by Gasteiger charge is 2.26. The maximum atomic E-state index is 11.1. The lowest BCUT2D eigenvalue weighted by Crippen LogP contribution is -2.43. The van der Waals surface area contributed by atoms with Gasteiger partial charge in [0.1, 0.15) is 5.69 Å². The van der Waals surface area contributed by atoms with E-state index in [1.807, 2.05) is 31.2 Å². The molecule has 9 heteroatoms. The van der Waals surface area contributed by atoms with E-state index in [9.17, 15) is 4.79 Å². The van der Waals surface area contributed by atoms with Gasteiger partial charge in [0.15, 0.2) is 6.29 Å². The van der Waals surface area contributed by atoms with E-state index in [0.717, 1.165) is 37.1 Å². The van der Waals surface area contributed by atoms with Gasteiger partial charge in [-0.05, 0) is 43.5 Å². The summed E-state index contributed by atoms with van der Waals surface area (Å²) in [5, 5.41) is 0. The molecule has 0 bridgehead atoms. The molecule has 0 saturated carbocycles. The third kappa shape index (κ3) is 13.9. The Morgan fingerprint density at radius 1 is 1.02 bits per heavy atom. The van der Waals surface area contributed by atoms with Crippen LogP contribution in [0.15, 0.2) is 90.6 Å². The highest BCUT2D eigenvalue weighted by Crippen LogP contribution is 2.27. The molecular weight excluding hydrogens is 568 g/mol. The monoisotopic (exact) mass is 620 g/mol. The Labute approximate surface area is 269 Å². The molecule has 1 saturated heterocycles. The molecule has 0 spiro atoms. The predicted molar refractivity (Wildman–Crippen MR) is 180 cm³/mol. The maximum absolute atomic E-state index is 11.1. The van der Waals surface area contributed by atoms with Crippen molar-refractivity contribution in [2.75, 3.05) is 79.0 Å². The second-order valence-electron chi connectivity index (χ2n) is 11.6. The highest BCUT2D eigenvalue weighted by atomic mass is 16.5. The van der Waals surface area contributed by atoms with Gasteiger partial charge in [-0.15, -0.1) is 0 Å². The smallest absolute Gasteiger partial charge is 0.168 e. The minimum absolute atomic E-state index is 0.0389. The third-order valence-corrected chi connectivity index (χ3v) is 7.71. The number of ether oxygens (including phenoxy) is 4. The van der Waals surface area contributed by atoms with Crippen LogP contribution in [0.4, 0.5) is 0 Å². The zero-order valence-corrected chi connectivity index (χ0v) is 27.2. The lowest BCUT2D eigenvalue weighted by Gasteiger charge is -2.35. The Balaban J connectivity index is 1.64. The predicted octanol–water partition coefficient (Wildman–Crippen LogP) is 4.30. The molecule has 1 fully saturated rings. The summed E-state index contributed by atoms with van der Waals surface area (Å²) in [6, 6.07) is 5.53. The van der Waals surface area contributed by atoms with E-state index in [-0.39, 0.29) is 11.6 Å². The molecule has 2 N–H and O–H groups in total. The van der Waals surface area contributed by atoms with Crippen LogP contribution in [-0.4, -0.2) is 112 Å². The lowest BCUT2D eigenvalue weighted by atomic mass is 9.86. The van der Waals surface area contributed by atoms with Crippen molar-refractivity contribution in [3.05, 3.63) is 102 Å². The fourth-order valence-electron chi connectivity index (χ4n) is 5.12. The van der Waals surface area contributed by atoms with Crippen molar-refractivity contribution in [3.8, 4) is 0 Å². The second kappa shape index (κ2) is 20.2. The van der Waals surface area contributed by atoms with Crippen molar-refractivity contribution in [2.24, 2.45) is 5.73 Å². The van der Waals surface area contributed by atoms with Crippen LogP contribution in [0.3, 0.4) is 0 Å². The van der Waals surface area contributed by atoms with Crippen LogP contribution in [-0.2, 0) is 25.5 Å². The average molecular weight is 621 g/mol. The van der Waals surface area contributed by atoms with Crippen LogP contribution in [0.25, 0.3) is 0 Å². The van der Waals surface area contributed by atoms with Gasteiger partial charge in [0.25, 0.3) is 0 Å². The summed E-state index contributed by atoms with van der Waals surface area (Å²) in [5.74, 6) is 0. The first kappa shape index (κ1) is 36.4. The Kier molecular flexibility index (Phi) is 16.3. The topological polar surface area (TPSA) is 99.4 Å². The molecule has 0 aromatic carbocycles. The zero-order valence-electron chi connectivity index (χ0n) is 27.2. The van der Waals surface area contributed by atoms with Crippen LogP contribution in [0.1, 0.15) is 36.5 Å². The van der Waals surface area contributed by atoms with E-state index < -0.39 is 0 Å². The van der Waals surface area contributed by atoms with Crippen LogP contribution < -0.4 is 5.73 Å². The summed E-state index contributed by atoms with van der Waals surface area (Å²) in [5.41, 5.74) is 10.6. The number of aromatic nitrogens is 1. The molecule has 2 atom stereocenters. The third-order valence-electron chi connectivity index (χ3n) is 7.71. The summed E-state index contributed by atoms with van der Waals surface area (Å²) < 4.78 is 23.9. The fraction of sp³-hybridized carbons (Fsp3) is 0.500. The molecule has 0 amide bonds. The van der Waals surface area contributed by atoms with Crippen LogP contribution >= 0.6 is 0 Å². The van der Waals surface area contributed by atoms with Gasteiger partial charge in [0.05, 0.1) is 64.6 Å². The first-order valence-corrected chi connectivity index (χ1v) is 15.8. The number of carbonyl (C=O) groups is 1. The number of hydrogen-bond acceptors (Lipinski definition) is 9. The second-order valence-corrected chi connectivity index (χ2v) is 11.6. The van der Waals surface area contributed by atoms with Crippen molar-refractivity contribution in [1.29, 1.82) is 0 Å². The van der Waals surface area contributed by atoms with Crippen LogP contribution in [0.2, 0.25) is 0 Å². The Morgan fingerprint density at radius 2 is 1.64 bits per heavy atom. The fourth-order valence-corrected chi connectivity index (χ4v) is 5.12. The van der Waals surface area contributed by atoms with Gasteiger partial charge >= 0.3 is 0 Å². The zero-order chi connectivity index (χ0) is 32.3. The van der Waals surface area contributed by atoms with Gasteiger partial charge < -0.3 is 24.7 Å². The number of aldehydes is 1. The first-order valence-electron chi connectivity index (χ1n) is 15.8. The number of nitrogens with two attached hydrogens (primary N) is 1. The number of hydrogen-bond donors (Lipinski definition) is 1. The van der Waals surface area contributed by atoms with Crippen molar-refractivity contribution in [2.45, 2.75) is 38.4 Å². The van der Waals surface area contributed by atoms with E-state index in [2.05, 4.69) is 59.2 Å². The Bertz CT molecular complexity index is 1190. The molecule has 2 aliphatic rings. The molecule has 45 heavy (non-hydrogen) atoms. The molecule has 1 aromatic rings. The van der Waals surface area contributed by atoms with Crippen LogP contribution in [0.5, 0.6) is 0 Å². The largest absolute Gasteiger partial charge is 0.378 e. The average Bonchev–Trinajstić information content (AvgIpc) is 3.03. The van der Waals surface area contributed by atoms with E-state index >= 15 is 0 Å². The molecule has 1 aliphatic heterocycles. The summed E-state index contributed by atoms with van der Waals surface area (Å²) in [4.78, 5) is 20.2. The summed E-state index contributed by atoms with van der Waals surface area (Å²) in [6.45, 7) is 19.8. The molecule has 0 radical (unpaired) electrons. The Morgan fingerprint density at radius 3 is 2.20 bits per heavy atom. The van der Waals surface area contributed by atoms with E-state index in [0.29, 0.717) is 78.2 Å². The number of pyridine rings is 1. The SMILES string of the molecule is C=CC(=C)/C=C\C=C(/C)C(C1=CCC(C)(N)C=C1)N1CCOCCOCCN(Cc2cccc(C=O)n2)CCOCCOCC1. The van der Waals surface area contributed by atoms with E-state index in [1.165, 1.54) is 11.1 Å². The molecule has 246 valence electrons. The van der Waals surface area contributed by atoms with Gasteiger partial charge in [-0.2, -0.15) is 0 Å². The quantitative estimate of drug-likeness (QED) is 0.320. The molecular formula is C36H52N4O5. The first-order chi connectivity index (χ1) is 21.8. The van der Waals surface area contributed by atoms with Crippen LogP contribution in [0, 0.1) is 0 Å². The van der Waals surface area contributed by atoms with Gasteiger partial charge in [0.2, 0.25) is 0 Å². The van der Waals surface area contributed by atoms with Gasteiger partial charge in [-0.1, -0.05) is 67.3 Å². The van der Waals surface area contributed by atoms with Crippen molar-refractivity contribution < 1.29 is 23.7 Å². The molecule has 9 nitrogen and oxygen atoms in total. The molecule has 3 rings (SSSR count). The molecule has 1 aliphatic carbocycles. The number of rotatable bonds is 9. The van der Waals surface area contributed by atoms with E-state index in [1.54, 1.807) is 12.1 Å². The normalized spacial score (nSPS) is 23.5. The number of carbonyl (C=O) groups excluding carboxylic acids is 1. The van der Waals surface area contributed by atoms with E-state index in [4.69, 9.17) is 24.7 Å². The minimum atomic E-state index is -0.345. The number of allylic oxidation sites excluding steroid dienone is 5.